The molecule has 0 spiro atoms. The molecule has 0 bridgehead atoms. The first-order chi connectivity index (χ1) is 6.95. The molecule has 1 unspecified atom stereocenters. The summed E-state index contributed by atoms with van der Waals surface area (Å²) in [5.74, 6) is 1.11. The minimum absolute atomic E-state index is 0.282. The van der Waals surface area contributed by atoms with E-state index in [9.17, 15) is 0 Å². The lowest BCUT2D eigenvalue weighted by Gasteiger charge is -2.21. The van der Waals surface area contributed by atoms with Gasteiger partial charge in [-0.15, -0.1) is 0 Å². The van der Waals surface area contributed by atoms with E-state index in [1.165, 1.54) is 10.4 Å². The molecule has 0 aromatic carbocycles. The molecule has 1 aliphatic rings. The first-order valence-corrected chi connectivity index (χ1v) is 5.43. The van der Waals surface area contributed by atoms with E-state index in [2.05, 4.69) is 15.8 Å². The van der Waals surface area contributed by atoms with Crippen molar-refractivity contribution in [2.45, 2.75) is 12.5 Å². The van der Waals surface area contributed by atoms with Crippen LogP contribution in [0.15, 0.2) is 29.0 Å². The van der Waals surface area contributed by atoms with E-state index < -0.39 is 0 Å². The Bertz CT molecular complexity index is 421. The third-order valence-corrected chi connectivity index (χ3v) is 3.34. The second-order valence-electron chi connectivity index (χ2n) is 3.35. The molecule has 1 N–H and O–H groups in total. The summed E-state index contributed by atoms with van der Waals surface area (Å²) in [6.45, 7) is 0.975. The zero-order valence-electron chi connectivity index (χ0n) is 7.56. The summed E-state index contributed by atoms with van der Waals surface area (Å²) in [6, 6.07) is 4.39. The third kappa shape index (κ3) is 1.19. The molecule has 3 rings (SSSR count). The summed E-state index contributed by atoms with van der Waals surface area (Å²) in [7, 11) is 0. The number of nitrogens with zero attached hydrogens (tertiary/aromatic N) is 1. The zero-order chi connectivity index (χ0) is 9.38. The summed E-state index contributed by atoms with van der Waals surface area (Å²) in [5, 5.41) is 3.47. The number of aromatic nitrogens is 1. The fourth-order valence-electron chi connectivity index (χ4n) is 1.88. The van der Waals surface area contributed by atoms with Crippen LogP contribution in [0.5, 0.6) is 0 Å². The van der Waals surface area contributed by atoms with E-state index in [-0.39, 0.29) is 6.04 Å². The molecular formula is C10H10N2OS. The molecule has 0 amide bonds. The van der Waals surface area contributed by atoms with Gasteiger partial charge in [-0.25, -0.2) is 4.37 Å². The largest absolute Gasteiger partial charge is 0.469 e. The van der Waals surface area contributed by atoms with Crippen LogP contribution in [0.1, 0.15) is 22.2 Å². The zero-order valence-corrected chi connectivity index (χ0v) is 8.38. The summed E-state index contributed by atoms with van der Waals surface area (Å²) >= 11 is 1.54. The third-order valence-electron chi connectivity index (χ3n) is 2.53. The molecule has 0 saturated carbocycles. The van der Waals surface area contributed by atoms with Gasteiger partial charge in [0.05, 0.1) is 12.3 Å². The number of fused-ring (bicyclic) bond motifs is 1. The van der Waals surface area contributed by atoms with E-state index in [4.69, 9.17) is 4.42 Å². The fourth-order valence-corrected chi connectivity index (χ4v) is 2.56. The molecule has 14 heavy (non-hydrogen) atoms. The van der Waals surface area contributed by atoms with Crippen LogP contribution in [-0.4, -0.2) is 10.9 Å². The van der Waals surface area contributed by atoms with Crippen molar-refractivity contribution in [1.82, 2.24) is 9.69 Å². The Morgan fingerprint density at radius 1 is 1.50 bits per heavy atom. The van der Waals surface area contributed by atoms with E-state index >= 15 is 0 Å². The molecule has 0 fully saturated rings. The lowest BCUT2D eigenvalue weighted by Crippen LogP contribution is -2.28. The number of hydrogen-bond donors (Lipinski definition) is 1. The predicted octanol–water partition coefficient (Wildman–Crippen LogP) is 1.97. The number of furan rings is 1. The van der Waals surface area contributed by atoms with Gasteiger partial charge in [0.25, 0.3) is 0 Å². The van der Waals surface area contributed by atoms with Gasteiger partial charge >= 0.3 is 0 Å². The van der Waals surface area contributed by atoms with Gasteiger partial charge in [0.2, 0.25) is 0 Å². The topological polar surface area (TPSA) is 38.1 Å². The molecular weight excluding hydrogens is 196 g/mol. The highest BCUT2D eigenvalue weighted by Crippen LogP contribution is 2.30. The quantitative estimate of drug-likeness (QED) is 0.775. The van der Waals surface area contributed by atoms with Crippen LogP contribution >= 0.6 is 11.5 Å². The minimum atomic E-state index is 0.282. The fraction of sp³-hybridized carbons (Fsp3) is 0.300. The predicted molar refractivity (Wildman–Crippen MR) is 54.4 cm³/mol. The molecule has 1 aliphatic heterocycles. The average Bonchev–Trinajstić information content (AvgIpc) is 2.88. The standard InChI is InChI=1S/C10H10N2OS/c1-4-11-10(9-2-5-12-14-9)7-3-6-13-8(1)7/h2-3,5-6,10-11H,1,4H2. The lowest BCUT2D eigenvalue weighted by atomic mass is 10.0. The molecule has 0 saturated heterocycles. The van der Waals surface area contributed by atoms with Gasteiger partial charge in [-0.2, -0.15) is 0 Å². The van der Waals surface area contributed by atoms with Crippen molar-refractivity contribution < 1.29 is 4.42 Å². The summed E-state index contributed by atoms with van der Waals surface area (Å²) in [5.41, 5.74) is 1.26. The van der Waals surface area contributed by atoms with Crippen molar-refractivity contribution in [1.29, 1.82) is 0 Å². The van der Waals surface area contributed by atoms with Gasteiger partial charge in [0.15, 0.2) is 0 Å². The van der Waals surface area contributed by atoms with Gasteiger partial charge in [-0.05, 0) is 23.7 Å². The number of hydrogen-bond acceptors (Lipinski definition) is 4. The Morgan fingerprint density at radius 2 is 2.50 bits per heavy atom. The maximum atomic E-state index is 5.43. The molecule has 2 aromatic heterocycles. The van der Waals surface area contributed by atoms with Crippen molar-refractivity contribution in [2.24, 2.45) is 0 Å². The molecule has 0 radical (unpaired) electrons. The smallest absolute Gasteiger partial charge is 0.110 e. The maximum absolute atomic E-state index is 5.43. The highest BCUT2D eigenvalue weighted by atomic mass is 32.1. The molecule has 2 aromatic rings. The van der Waals surface area contributed by atoms with Crippen LogP contribution < -0.4 is 5.32 Å². The van der Waals surface area contributed by atoms with Gasteiger partial charge in [0, 0.05) is 29.6 Å². The Kier molecular flexibility index (Phi) is 1.89. The summed E-state index contributed by atoms with van der Waals surface area (Å²) < 4.78 is 9.55. The van der Waals surface area contributed by atoms with Gasteiger partial charge in [-0.3, -0.25) is 0 Å². The molecule has 3 heterocycles. The van der Waals surface area contributed by atoms with E-state index in [0.29, 0.717) is 0 Å². The average molecular weight is 206 g/mol. The summed E-state index contributed by atoms with van der Waals surface area (Å²) in [6.07, 6.45) is 4.60. The Labute approximate surface area is 85.9 Å². The van der Waals surface area contributed by atoms with Crippen molar-refractivity contribution in [3.05, 3.63) is 40.8 Å². The first-order valence-electron chi connectivity index (χ1n) is 4.65. The van der Waals surface area contributed by atoms with Crippen LogP contribution in [0.2, 0.25) is 0 Å². The molecule has 3 nitrogen and oxygen atoms in total. The Balaban J connectivity index is 2.04. The second kappa shape index (κ2) is 3.22. The van der Waals surface area contributed by atoms with Crippen LogP contribution in [0, 0.1) is 0 Å². The normalized spacial score (nSPS) is 20.7. The Hall–Kier alpha value is -1.13. The van der Waals surface area contributed by atoms with Crippen molar-refractivity contribution in [2.75, 3.05) is 6.54 Å². The van der Waals surface area contributed by atoms with Crippen LogP contribution in [0.4, 0.5) is 0 Å². The number of rotatable bonds is 1. The van der Waals surface area contributed by atoms with E-state index in [0.717, 1.165) is 18.7 Å². The van der Waals surface area contributed by atoms with Crippen LogP contribution in [0.3, 0.4) is 0 Å². The van der Waals surface area contributed by atoms with Crippen molar-refractivity contribution in [3.63, 3.8) is 0 Å². The highest BCUT2D eigenvalue weighted by molar-refractivity contribution is 7.05. The highest BCUT2D eigenvalue weighted by Gasteiger charge is 2.24. The first kappa shape index (κ1) is 8.20. The minimum Gasteiger partial charge on any atom is -0.469 e. The lowest BCUT2D eigenvalue weighted by molar-refractivity contribution is 0.458. The van der Waals surface area contributed by atoms with Crippen molar-refractivity contribution in [3.8, 4) is 0 Å². The van der Waals surface area contributed by atoms with Gasteiger partial charge in [0.1, 0.15) is 5.76 Å². The second-order valence-corrected chi connectivity index (χ2v) is 4.22. The maximum Gasteiger partial charge on any atom is 0.110 e. The van der Waals surface area contributed by atoms with E-state index in [1.807, 2.05) is 12.3 Å². The van der Waals surface area contributed by atoms with Gasteiger partial charge < -0.3 is 9.73 Å². The van der Waals surface area contributed by atoms with Crippen LogP contribution in [-0.2, 0) is 6.42 Å². The molecule has 72 valence electrons. The van der Waals surface area contributed by atoms with Crippen molar-refractivity contribution >= 4 is 11.5 Å². The molecule has 0 aliphatic carbocycles. The van der Waals surface area contributed by atoms with E-state index in [1.54, 1.807) is 17.8 Å². The summed E-state index contributed by atoms with van der Waals surface area (Å²) in [4.78, 5) is 1.26. The number of nitrogens with one attached hydrogen (secondary N) is 1. The van der Waals surface area contributed by atoms with Crippen LogP contribution in [0.25, 0.3) is 0 Å². The molecule has 4 heteroatoms. The van der Waals surface area contributed by atoms with Gasteiger partial charge in [-0.1, -0.05) is 0 Å². The monoisotopic (exact) mass is 206 g/mol. The Morgan fingerprint density at radius 3 is 3.36 bits per heavy atom. The molecule has 1 atom stereocenters. The SMILES string of the molecule is c1cc(C2NCCc3occc32)sn1.